The van der Waals surface area contributed by atoms with Crippen molar-refractivity contribution in [1.29, 1.82) is 0 Å². The summed E-state index contributed by atoms with van der Waals surface area (Å²) >= 11 is 18.7. The molecule has 2 aromatic heterocycles. The van der Waals surface area contributed by atoms with Crippen molar-refractivity contribution in [2.24, 2.45) is 0 Å². The lowest BCUT2D eigenvalue weighted by atomic mass is 10.2. The Morgan fingerprint density at radius 2 is 2.05 bits per heavy atom. The third-order valence-electron chi connectivity index (χ3n) is 5.52. The number of hydrogen-bond acceptors (Lipinski definition) is 11. The van der Waals surface area contributed by atoms with Crippen LogP contribution in [0.15, 0.2) is 41.5 Å². The van der Waals surface area contributed by atoms with Gasteiger partial charge in [0.1, 0.15) is 24.0 Å². The number of aliphatic hydroxyl groups excluding tert-OH is 1. The van der Waals surface area contributed by atoms with Crippen molar-refractivity contribution in [3.63, 3.8) is 0 Å². The van der Waals surface area contributed by atoms with E-state index >= 15 is 0 Å². The maximum absolute atomic E-state index is 12.4. The molecule has 0 aliphatic carbocycles. The summed E-state index contributed by atoms with van der Waals surface area (Å²) in [7, 11) is 0. The van der Waals surface area contributed by atoms with Crippen molar-refractivity contribution >= 4 is 64.7 Å². The van der Waals surface area contributed by atoms with Crippen LogP contribution in [0.5, 0.6) is 5.75 Å². The number of carbonyl (C=O) groups is 1. The molecule has 5 atom stereocenters. The molecule has 3 aromatic rings. The number of para-hydroxylation sites is 1. The first kappa shape index (κ1) is 29.7. The molecule has 0 unspecified atom stereocenters. The minimum absolute atomic E-state index is 0.0237. The molecular formula is C22H27Cl2N6O7PS. The first-order chi connectivity index (χ1) is 18.3. The van der Waals surface area contributed by atoms with Crippen LogP contribution in [0.25, 0.3) is 11.2 Å². The number of nitrogens with zero attached hydrogens (tertiary/aromatic N) is 3. The zero-order valence-electron chi connectivity index (χ0n) is 21.0. The molecule has 1 aromatic carbocycles. The number of anilines is 1. The lowest BCUT2D eigenvalue weighted by Crippen LogP contribution is -2.39. The van der Waals surface area contributed by atoms with Gasteiger partial charge in [0.05, 0.1) is 19.0 Å². The standard InChI is InChI=1S/C22H27Cl2N6O7PS/c1-11(2)35-19(33)12(3)29-38(39,37-13-7-5-4-6-8-13)34-9-14-16(31)22(23,24)20(36-14)30-10-26-15-17(30)27-21(25)28-18(15)32/h4-8,10-12,14,16,20,31H,9H2,1-3H3,(H,29,39)(H3,25,27,28,32)/t12-,14-,16-,20-,38-/m1/s1. The van der Waals surface area contributed by atoms with Crippen LogP contribution >= 0.6 is 29.8 Å². The number of carbonyl (C=O) groups excluding carboxylic acids is 1. The molecule has 0 spiro atoms. The molecule has 212 valence electrons. The average Bonchev–Trinajstić information content (AvgIpc) is 3.36. The fourth-order valence-electron chi connectivity index (χ4n) is 3.73. The molecule has 0 amide bonds. The van der Waals surface area contributed by atoms with Gasteiger partial charge in [-0.1, -0.05) is 41.4 Å². The third kappa shape index (κ3) is 6.55. The summed E-state index contributed by atoms with van der Waals surface area (Å²) in [6.45, 7) is 1.24. The number of aromatic amines is 1. The maximum atomic E-state index is 12.4. The number of hydrogen-bond donors (Lipinski definition) is 4. The number of aliphatic hydroxyl groups is 1. The fourth-order valence-corrected chi connectivity index (χ4v) is 6.74. The van der Waals surface area contributed by atoms with Gasteiger partial charge in [0.25, 0.3) is 5.56 Å². The normalized spacial score (nSPS) is 23.0. The van der Waals surface area contributed by atoms with Crippen molar-refractivity contribution in [3.05, 3.63) is 47.0 Å². The van der Waals surface area contributed by atoms with E-state index in [1.165, 1.54) is 10.9 Å². The number of fused-ring (bicyclic) bond motifs is 1. The summed E-state index contributed by atoms with van der Waals surface area (Å²) in [6, 6.07) is 7.76. The summed E-state index contributed by atoms with van der Waals surface area (Å²) in [5, 5.41) is 13.9. The van der Waals surface area contributed by atoms with E-state index in [1.807, 2.05) is 0 Å². The largest absolute Gasteiger partial charge is 0.462 e. The highest BCUT2D eigenvalue weighted by Crippen LogP contribution is 2.50. The topological polar surface area (TPSA) is 176 Å². The van der Waals surface area contributed by atoms with Gasteiger partial charge in [-0.15, -0.1) is 0 Å². The molecule has 0 bridgehead atoms. The van der Waals surface area contributed by atoms with Gasteiger partial charge < -0.3 is 29.4 Å². The van der Waals surface area contributed by atoms with Crippen LogP contribution in [0.2, 0.25) is 0 Å². The summed E-state index contributed by atoms with van der Waals surface area (Å²) < 4.78 is 22.5. The van der Waals surface area contributed by atoms with Gasteiger partial charge in [-0.25, -0.2) is 10.1 Å². The Morgan fingerprint density at radius 1 is 1.36 bits per heavy atom. The average molecular weight is 621 g/mol. The van der Waals surface area contributed by atoms with Gasteiger partial charge in [0.2, 0.25) is 5.95 Å². The van der Waals surface area contributed by atoms with Crippen LogP contribution in [-0.4, -0.2) is 65.9 Å². The molecular weight excluding hydrogens is 594 g/mol. The zero-order valence-corrected chi connectivity index (χ0v) is 24.2. The number of aromatic nitrogens is 4. The smallest absolute Gasteiger partial charge is 0.323 e. The van der Waals surface area contributed by atoms with E-state index in [0.717, 1.165) is 0 Å². The molecule has 3 heterocycles. The number of ether oxygens (including phenoxy) is 2. The van der Waals surface area contributed by atoms with Gasteiger partial charge in [-0.05, 0) is 44.7 Å². The molecule has 17 heteroatoms. The van der Waals surface area contributed by atoms with E-state index in [2.05, 4.69) is 20.0 Å². The van der Waals surface area contributed by atoms with Crippen LogP contribution in [-0.2, 0) is 30.6 Å². The highest BCUT2D eigenvalue weighted by atomic mass is 35.5. The molecule has 39 heavy (non-hydrogen) atoms. The number of nitrogens with two attached hydrogens (primary N) is 1. The Bertz CT molecular complexity index is 1440. The molecule has 1 aliphatic heterocycles. The number of H-pyrrole nitrogens is 1. The van der Waals surface area contributed by atoms with Gasteiger partial charge >= 0.3 is 12.6 Å². The highest BCUT2D eigenvalue weighted by molar-refractivity contribution is 8.09. The van der Waals surface area contributed by atoms with E-state index < -0.39 is 47.0 Å². The number of rotatable bonds is 10. The first-order valence-corrected chi connectivity index (χ1v) is 15.1. The number of imidazole rings is 1. The lowest BCUT2D eigenvalue weighted by Gasteiger charge is -2.28. The van der Waals surface area contributed by atoms with Crippen LogP contribution in [0, 0.1) is 0 Å². The number of nitrogens with one attached hydrogen (secondary N) is 2. The Labute approximate surface area is 238 Å². The molecule has 0 saturated carbocycles. The second kappa shape index (κ2) is 11.7. The highest BCUT2D eigenvalue weighted by Gasteiger charge is 2.56. The summed E-state index contributed by atoms with van der Waals surface area (Å²) in [5.41, 5.74) is 5.13. The predicted octanol–water partition coefficient (Wildman–Crippen LogP) is 2.38. The molecule has 1 saturated heterocycles. The second-order valence-electron chi connectivity index (χ2n) is 8.96. The van der Waals surface area contributed by atoms with Crippen molar-refractivity contribution in [2.75, 3.05) is 12.3 Å². The van der Waals surface area contributed by atoms with Crippen molar-refractivity contribution in [1.82, 2.24) is 24.6 Å². The molecule has 13 nitrogen and oxygen atoms in total. The predicted molar refractivity (Wildman–Crippen MR) is 148 cm³/mol. The van der Waals surface area contributed by atoms with Crippen molar-refractivity contribution < 1.29 is 28.4 Å². The van der Waals surface area contributed by atoms with Gasteiger partial charge in [0.15, 0.2) is 21.7 Å². The summed E-state index contributed by atoms with van der Waals surface area (Å²) in [4.78, 5) is 35.1. The maximum Gasteiger partial charge on any atom is 0.323 e. The van der Waals surface area contributed by atoms with E-state index in [4.69, 9.17) is 59.3 Å². The van der Waals surface area contributed by atoms with Gasteiger partial charge in [-0.3, -0.25) is 19.1 Å². The van der Waals surface area contributed by atoms with Gasteiger partial charge in [-0.2, -0.15) is 4.98 Å². The number of esters is 1. The van der Waals surface area contributed by atoms with E-state index in [-0.39, 0.29) is 29.8 Å². The van der Waals surface area contributed by atoms with E-state index in [9.17, 15) is 14.7 Å². The summed E-state index contributed by atoms with van der Waals surface area (Å²) in [6.07, 6.45) is -2.91. The molecule has 5 N–H and O–H groups in total. The van der Waals surface area contributed by atoms with E-state index in [1.54, 1.807) is 51.1 Å². The van der Waals surface area contributed by atoms with Crippen LogP contribution in [0.1, 0.15) is 27.0 Å². The number of halogens is 2. The Morgan fingerprint density at radius 3 is 2.72 bits per heavy atom. The molecule has 4 rings (SSSR count). The molecule has 0 radical (unpaired) electrons. The Balaban J connectivity index is 1.56. The van der Waals surface area contributed by atoms with Crippen LogP contribution in [0.4, 0.5) is 5.95 Å². The molecule has 1 fully saturated rings. The number of alkyl halides is 2. The van der Waals surface area contributed by atoms with Crippen LogP contribution in [0.3, 0.4) is 0 Å². The van der Waals surface area contributed by atoms with E-state index in [0.29, 0.717) is 5.75 Å². The Kier molecular flexibility index (Phi) is 8.89. The van der Waals surface area contributed by atoms with Gasteiger partial charge in [0, 0.05) is 0 Å². The minimum Gasteiger partial charge on any atom is -0.462 e. The van der Waals surface area contributed by atoms with Crippen molar-refractivity contribution in [3.8, 4) is 5.75 Å². The fraction of sp³-hybridized carbons (Fsp3) is 0.455. The monoisotopic (exact) mass is 620 g/mol. The first-order valence-electron chi connectivity index (χ1n) is 11.7. The second-order valence-corrected chi connectivity index (χ2v) is 13.5. The van der Waals surface area contributed by atoms with Crippen molar-refractivity contribution in [2.45, 2.75) is 55.7 Å². The number of benzene rings is 1. The lowest BCUT2D eigenvalue weighted by molar-refractivity contribution is -0.149. The molecule has 1 aliphatic rings. The third-order valence-corrected chi connectivity index (χ3v) is 8.84. The SMILES string of the molecule is CC(C)OC(=O)[C@@H](C)N[P@@](=S)(OC[C@H]1O[C@@H](n2cnc3c(=O)[nH]c(N)nc32)C(Cl)(Cl)[C@@H]1O)Oc1ccccc1. The van der Waals surface area contributed by atoms with Crippen LogP contribution < -0.4 is 20.9 Å². The number of nitrogen functional groups attached to an aromatic ring is 1. The zero-order chi connectivity index (χ0) is 28.5. The minimum atomic E-state index is -3.44. The summed E-state index contributed by atoms with van der Waals surface area (Å²) in [5.74, 6) is -0.310. The quantitative estimate of drug-likeness (QED) is 0.148. The Hall–Kier alpha value is -2.29.